The highest BCUT2D eigenvalue weighted by molar-refractivity contribution is 5.97. The lowest BCUT2D eigenvalue weighted by molar-refractivity contribution is -0.143. The zero-order valence-corrected chi connectivity index (χ0v) is 5.80. The molecule has 0 unspecified atom stereocenters. The molecule has 0 aromatic carbocycles. The van der Waals surface area contributed by atoms with E-state index in [1.165, 1.54) is 0 Å². The van der Waals surface area contributed by atoms with Crippen LogP contribution in [0.5, 0.6) is 0 Å². The Bertz CT molecular complexity index is 173. The lowest BCUT2D eigenvalue weighted by Gasteiger charge is -2.37. The van der Waals surface area contributed by atoms with Gasteiger partial charge in [-0.1, -0.05) is 0 Å². The Hall–Kier alpha value is -0.660. The van der Waals surface area contributed by atoms with Crippen molar-refractivity contribution >= 4 is 11.6 Å². The lowest BCUT2D eigenvalue weighted by Crippen LogP contribution is -2.42. The minimum Gasteiger partial charge on any atom is -0.299 e. The first-order chi connectivity index (χ1) is 4.79. The molecule has 0 spiro atoms. The van der Waals surface area contributed by atoms with Crippen LogP contribution in [-0.2, 0) is 9.59 Å². The molecule has 0 saturated heterocycles. The normalized spacial score (nSPS) is 38.8. The predicted octanol–water partition coefficient (Wildman–Crippen LogP) is 0.945. The Balaban J connectivity index is 2.16. The molecule has 0 heterocycles. The van der Waals surface area contributed by atoms with E-state index >= 15 is 0 Å². The number of ketones is 2. The average molecular weight is 138 g/mol. The van der Waals surface area contributed by atoms with Crippen molar-refractivity contribution in [2.45, 2.75) is 25.7 Å². The zero-order chi connectivity index (χ0) is 7.14. The molecule has 10 heavy (non-hydrogen) atoms. The SMILES string of the molecule is O=C1CCC(=O)[C@H]2CC[C@H]12. The molecule has 2 fully saturated rings. The van der Waals surface area contributed by atoms with Gasteiger partial charge < -0.3 is 0 Å². The van der Waals surface area contributed by atoms with Crippen LogP contribution in [0.25, 0.3) is 0 Å². The van der Waals surface area contributed by atoms with Gasteiger partial charge in [-0.05, 0) is 12.8 Å². The molecule has 0 amide bonds. The number of fused-ring (bicyclic) bond motifs is 1. The maximum absolute atomic E-state index is 11.0. The summed E-state index contributed by atoms with van der Waals surface area (Å²) < 4.78 is 0. The third-order valence-electron chi connectivity index (χ3n) is 2.72. The molecule has 0 N–H and O–H groups in total. The maximum Gasteiger partial charge on any atom is 0.137 e. The third kappa shape index (κ3) is 0.648. The summed E-state index contributed by atoms with van der Waals surface area (Å²) in [4.78, 5) is 22.1. The third-order valence-corrected chi connectivity index (χ3v) is 2.72. The van der Waals surface area contributed by atoms with E-state index in [1.807, 2.05) is 0 Å². The van der Waals surface area contributed by atoms with Gasteiger partial charge in [-0.3, -0.25) is 9.59 Å². The van der Waals surface area contributed by atoms with Gasteiger partial charge in [0.2, 0.25) is 0 Å². The predicted molar refractivity (Wildman–Crippen MR) is 35.5 cm³/mol. The largest absolute Gasteiger partial charge is 0.299 e. The number of hydrogen-bond acceptors (Lipinski definition) is 2. The number of Topliss-reactive ketones (excluding diaryl/α,β-unsaturated/α-hetero) is 2. The second-order valence-electron chi connectivity index (χ2n) is 3.22. The van der Waals surface area contributed by atoms with Crippen molar-refractivity contribution < 1.29 is 9.59 Å². The number of carbonyl (C=O) groups excluding carboxylic acids is 2. The van der Waals surface area contributed by atoms with Crippen LogP contribution in [0.4, 0.5) is 0 Å². The van der Waals surface area contributed by atoms with Crippen LogP contribution >= 0.6 is 0 Å². The number of rotatable bonds is 0. The molecule has 2 aliphatic rings. The van der Waals surface area contributed by atoms with E-state index in [-0.39, 0.29) is 11.8 Å². The topological polar surface area (TPSA) is 34.1 Å². The number of carbonyl (C=O) groups is 2. The van der Waals surface area contributed by atoms with Crippen LogP contribution in [0.2, 0.25) is 0 Å². The molecule has 0 radical (unpaired) electrons. The summed E-state index contributed by atoms with van der Waals surface area (Å²) in [6.45, 7) is 0. The highest BCUT2D eigenvalue weighted by Gasteiger charge is 2.43. The van der Waals surface area contributed by atoms with Crippen molar-refractivity contribution in [3.8, 4) is 0 Å². The second kappa shape index (κ2) is 1.91. The van der Waals surface area contributed by atoms with Crippen LogP contribution in [-0.4, -0.2) is 11.6 Å². The molecule has 2 nitrogen and oxygen atoms in total. The van der Waals surface area contributed by atoms with Gasteiger partial charge in [0.25, 0.3) is 0 Å². The molecular weight excluding hydrogens is 128 g/mol. The first-order valence-electron chi connectivity index (χ1n) is 3.84. The van der Waals surface area contributed by atoms with E-state index in [2.05, 4.69) is 0 Å². The Kier molecular flexibility index (Phi) is 1.16. The quantitative estimate of drug-likeness (QED) is 0.499. The van der Waals surface area contributed by atoms with E-state index in [0.717, 1.165) is 12.8 Å². The van der Waals surface area contributed by atoms with Gasteiger partial charge in [0.05, 0.1) is 0 Å². The molecule has 0 bridgehead atoms. The average Bonchev–Trinajstić information content (AvgIpc) is 1.78. The van der Waals surface area contributed by atoms with Crippen molar-refractivity contribution in [1.82, 2.24) is 0 Å². The minimum absolute atomic E-state index is 0.140. The van der Waals surface area contributed by atoms with Crippen molar-refractivity contribution in [1.29, 1.82) is 0 Å². The molecule has 54 valence electrons. The fourth-order valence-electron chi connectivity index (χ4n) is 1.89. The van der Waals surface area contributed by atoms with Crippen molar-refractivity contribution in [2.24, 2.45) is 11.8 Å². The summed E-state index contributed by atoms with van der Waals surface area (Å²) in [6.07, 6.45) is 2.96. The van der Waals surface area contributed by atoms with Crippen LogP contribution in [0.3, 0.4) is 0 Å². The Labute approximate surface area is 59.6 Å². The summed E-state index contributed by atoms with van der Waals surface area (Å²) in [6, 6.07) is 0. The zero-order valence-electron chi connectivity index (χ0n) is 5.80. The van der Waals surface area contributed by atoms with E-state index < -0.39 is 0 Å². The lowest BCUT2D eigenvalue weighted by atomic mass is 9.64. The minimum atomic E-state index is 0.140. The molecule has 2 heteroatoms. The van der Waals surface area contributed by atoms with E-state index in [1.54, 1.807) is 0 Å². The van der Waals surface area contributed by atoms with Gasteiger partial charge in [-0.15, -0.1) is 0 Å². The fraction of sp³-hybridized carbons (Fsp3) is 0.750. The summed E-state index contributed by atoms with van der Waals surface area (Å²) in [7, 11) is 0. The van der Waals surface area contributed by atoms with Gasteiger partial charge in [-0.2, -0.15) is 0 Å². The monoisotopic (exact) mass is 138 g/mol. The molecule has 2 rings (SSSR count). The highest BCUT2D eigenvalue weighted by Crippen LogP contribution is 2.40. The van der Waals surface area contributed by atoms with E-state index in [4.69, 9.17) is 0 Å². The van der Waals surface area contributed by atoms with Gasteiger partial charge in [0.15, 0.2) is 0 Å². The molecule has 2 saturated carbocycles. The van der Waals surface area contributed by atoms with E-state index in [0.29, 0.717) is 24.4 Å². The standard InChI is InChI=1S/C8H10O2/c9-7-3-4-8(10)6-2-1-5(6)7/h5-6H,1-4H2/t5-,6-/m0/s1. The summed E-state index contributed by atoms with van der Waals surface area (Å²) in [5.41, 5.74) is 0. The number of hydrogen-bond donors (Lipinski definition) is 0. The molecule has 0 aliphatic heterocycles. The van der Waals surface area contributed by atoms with Gasteiger partial charge >= 0.3 is 0 Å². The summed E-state index contributed by atoms with van der Waals surface area (Å²) in [5.74, 6) is 0.939. The van der Waals surface area contributed by atoms with Crippen molar-refractivity contribution in [3.05, 3.63) is 0 Å². The highest BCUT2D eigenvalue weighted by atomic mass is 16.1. The first kappa shape index (κ1) is 6.08. The smallest absolute Gasteiger partial charge is 0.137 e. The van der Waals surface area contributed by atoms with Gasteiger partial charge in [0.1, 0.15) is 11.6 Å². The molecule has 0 aromatic rings. The molecule has 2 atom stereocenters. The van der Waals surface area contributed by atoms with Gasteiger partial charge in [0, 0.05) is 24.7 Å². The Morgan fingerprint density at radius 1 is 0.900 bits per heavy atom. The van der Waals surface area contributed by atoms with Crippen LogP contribution < -0.4 is 0 Å². The summed E-state index contributed by atoms with van der Waals surface area (Å²) >= 11 is 0. The van der Waals surface area contributed by atoms with Crippen LogP contribution in [0.15, 0.2) is 0 Å². The summed E-state index contributed by atoms with van der Waals surface area (Å²) in [5, 5.41) is 0. The fourth-order valence-corrected chi connectivity index (χ4v) is 1.89. The van der Waals surface area contributed by atoms with Crippen molar-refractivity contribution in [2.75, 3.05) is 0 Å². The van der Waals surface area contributed by atoms with Gasteiger partial charge in [-0.25, -0.2) is 0 Å². The second-order valence-corrected chi connectivity index (χ2v) is 3.22. The van der Waals surface area contributed by atoms with E-state index in [9.17, 15) is 9.59 Å². The molecular formula is C8H10O2. The maximum atomic E-state index is 11.0. The van der Waals surface area contributed by atoms with Crippen LogP contribution in [0.1, 0.15) is 25.7 Å². The first-order valence-corrected chi connectivity index (χ1v) is 3.84. The molecule has 0 aromatic heterocycles. The van der Waals surface area contributed by atoms with Crippen LogP contribution in [0, 0.1) is 11.8 Å². The van der Waals surface area contributed by atoms with Crippen molar-refractivity contribution in [3.63, 3.8) is 0 Å². The molecule has 2 aliphatic carbocycles. The Morgan fingerprint density at radius 3 is 1.60 bits per heavy atom. The Morgan fingerprint density at radius 2 is 1.30 bits per heavy atom.